The van der Waals surface area contributed by atoms with Gasteiger partial charge in [-0.3, -0.25) is 14.3 Å². The Bertz CT molecular complexity index is 922. The fraction of sp³-hybridized carbons (Fsp3) is 0.176. The summed E-state index contributed by atoms with van der Waals surface area (Å²) in [5.41, 5.74) is 0.672. The van der Waals surface area contributed by atoms with Crippen molar-refractivity contribution >= 4 is 39.0 Å². The molecule has 0 saturated carbocycles. The van der Waals surface area contributed by atoms with Crippen LogP contribution in [-0.4, -0.2) is 39.1 Å². The highest BCUT2D eigenvalue weighted by Crippen LogP contribution is 2.25. The van der Waals surface area contributed by atoms with Crippen LogP contribution < -0.4 is 4.72 Å². The Hall–Kier alpha value is -2.38. The van der Waals surface area contributed by atoms with Crippen molar-refractivity contribution in [3.8, 4) is 0 Å². The number of rotatable bonds is 5. The molecule has 8 heteroatoms. The summed E-state index contributed by atoms with van der Waals surface area (Å²) in [6, 6.07) is 9.87. The zero-order chi connectivity index (χ0) is 18.8. The van der Waals surface area contributed by atoms with E-state index in [1.807, 2.05) is 0 Å². The van der Waals surface area contributed by atoms with Gasteiger partial charge in [-0.25, -0.2) is 8.42 Å². The molecule has 0 radical (unpaired) electrons. The van der Waals surface area contributed by atoms with E-state index in [1.165, 1.54) is 54.3 Å². The van der Waals surface area contributed by atoms with Crippen molar-refractivity contribution in [3.63, 3.8) is 0 Å². The minimum atomic E-state index is -3.94. The lowest BCUT2D eigenvalue weighted by Gasteiger charge is -2.16. The largest absolute Gasteiger partial charge is 0.345 e. The van der Waals surface area contributed by atoms with Crippen molar-refractivity contribution in [2.24, 2.45) is 0 Å². The SMILES string of the molecule is CC(=O)c1ccc(S(=O)(=O)Nc2cc(Cl)ccc2C(=O)N(C)C)cc1. The van der Waals surface area contributed by atoms with Crippen LogP contribution in [0.5, 0.6) is 0 Å². The second kappa shape index (κ2) is 7.25. The van der Waals surface area contributed by atoms with E-state index in [4.69, 9.17) is 11.6 Å². The van der Waals surface area contributed by atoms with E-state index >= 15 is 0 Å². The standard InChI is InChI=1S/C17H17ClN2O4S/c1-11(21)12-4-7-14(8-5-12)25(23,24)19-16-10-13(18)6-9-15(16)17(22)20(2)3/h4-10,19H,1-3H3. The average molecular weight is 381 g/mol. The molecule has 2 rings (SSSR count). The molecule has 6 nitrogen and oxygen atoms in total. The zero-order valence-electron chi connectivity index (χ0n) is 13.9. The van der Waals surface area contributed by atoms with Crippen molar-refractivity contribution in [2.75, 3.05) is 18.8 Å². The van der Waals surface area contributed by atoms with Gasteiger partial charge in [-0.1, -0.05) is 23.7 Å². The number of nitrogens with one attached hydrogen (secondary N) is 1. The van der Waals surface area contributed by atoms with Gasteiger partial charge in [0, 0.05) is 24.7 Å². The van der Waals surface area contributed by atoms with Crippen LogP contribution in [0.4, 0.5) is 5.69 Å². The highest BCUT2D eigenvalue weighted by Gasteiger charge is 2.20. The summed E-state index contributed by atoms with van der Waals surface area (Å²) in [5.74, 6) is -0.521. The number of nitrogens with zero attached hydrogens (tertiary/aromatic N) is 1. The minimum Gasteiger partial charge on any atom is -0.345 e. The van der Waals surface area contributed by atoms with Crippen molar-refractivity contribution in [1.82, 2.24) is 4.90 Å². The Balaban J connectivity index is 2.42. The Morgan fingerprint density at radius 2 is 1.64 bits per heavy atom. The highest BCUT2D eigenvalue weighted by molar-refractivity contribution is 7.92. The van der Waals surface area contributed by atoms with E-state index in [2.05, 4.69) is 4.72 Å². The number of anilines is 1. The molecule has 25 heavy (non-hydrogen) atoms. The Kier molecular flexibility index (Phi) is 5.49. The van der Waals surface area contributed by atoms with E-state index in [0.717, 1.165) is 0 Å². The molecule has 0 aliphatic carbocycles. The number of hydrogen-bond acceptors (Lipinski definition) is 4. The fourth-order valence-corrected chi connectivity index (χ4v) is 3.34. The third kappa shape index (κ3) is 4.37. The molecule has 1 amide bonds. The molecule has 2 aromatic rings. The van der Waals surface area contributed by atoms with E-state index in [1.54, 1.807) is 14.1 Å². The second-order valence-electron chi connectivity index (χ2n) is 5.58. The second-order valence-corrected chi connectivity index (χ2v) is 7.69. The van der Waals surface area contributed by atoms with Crippen LogP contribution in [0.3, 0.4) is 0 Å². The topological polar surface area (TPSA) is 83.5 Å². The Morgan fingerprint density at radius 1 is 1.04 bits per heavy atom. The number of sulfonamides is 1. The number of amides is 1. The number of benzene rings is 2. The van der Waals surface area contributed by atoms with Crippen LogP contribution in [0.1, 0.15) is 27.6 Å². The molecule has 0 saturated heterocycles. The van der Waals surface area contributed by atoms with Gasteiger partial charge in [0.15, 0.2) is 5.78 Å². The number of carbonyl (C=O) groups is 2. The summed E-state index contributed by atoms with van der Waals surface area (Å²) < 4.78 is 27.5. The third-order valence-corrected chi connectivity index (χ3v) is 5.05. The first-order valence-corrected chi connectivity index (χ1v) is 9.13. The van der Waals surface area contributed by atoms with Gasteiger partial charge in [0.25, 0.3) is 15.9 Å². The van der Waals surface area contributed by atoms with Crippen LogP contribution in [0.2, 0.25) is 5.02 Å². The molecule has 1 N–H and O–H groups in total. The molecule has 2 aromatic carbocycles. The molecule has 0 atom stereocenters. The normalized spacial score (nSPS) is 11.0. The maximum absolute atomic E-state index is 12.6. The predicted molar refractivity (Wildman–Crippen MR) is 96.7 cm³/mol. The summed E-state index contributed by atoms with van der Waals surface area (Å²) in [4.78, 5) is 24.8. The molecule has 0 aliphatic rings. The molecular formula is C17H17ClN2O4S. The summed E-state index contributed by atoms with van der Waals surface area (Å²) in [5, 5.41) is 0.292. The van der Waals surface area contributed by atoms with Gasteiger partial charge in [0.2, 0.25) is 0 Å². The lowest BCUT2D eigenvalue weighted by molar-refractivity contribution is 0.0828. The van der Waals surface area contributed by atoms with Crippen molar-refractivity contribution in [1.29, 1.82) is 0 Å². The first kappa shape index (κ1) is 19.0. The molecule has 0 aliphatic heterocycles. The first-order valence-electron chi connectivity index (χ1n) is 7.27. The van der Waals surface area contributed by atoms with E-state index in [-0.39, 0.29) is 27.8 Å². The van der Waals surface area contributed by atoms with Gasteiger partial charge in [0.1, 0.15) is 0 Å². The maximum Gasteiger partial charge on any atom is 0.261 e. The van der Waals surface area contributed by atoms with Gasteiger partial charge in [0.05, 0.1) is 16.1 Å². The average Bonchev–Trinajstić information content (AvgIpc) is 2.54. The Morgan fingerprint density at radius 3 is 2.16 bits per heavy atom. The van der Waals surface area contributed by atoms with Gasteiger partial charge in [-0.15, -0.1) is 0 Å². The van der Waals surface area contributed by atoms with Crippen LogP contribution in [0.25, 0.3) is 0 Å². The molecular weight excluding hydrogens is 364 g/mol. The maximum atomic E-state index is 12.6. The lowest BCUT2D eigenvalue weighted by atomic mass is 10.1. The molecule has 0 bridgehead atoms. The zero-order valence-corrected chi connectivity index (χ0v) is 15.5. The van der Waals surface area contributed by atoms with Gasteiger partial charge < -0.3 is 4.90 Å². The quantitative estimate of drug-likeness (QED) is 0.808. The number of ketones is 1. The third-order valence-electron chi connectivity index (χ3n) is 3.43. The smallest absolute Gasteiger partial charge is 0.261 e. The first-order chi connectivity index (χ1) is 11.6. The van der Waals surface area contributed by atoms with Gasteiger partial charge in [-0.2, -0.15) is 0 Å². The van der Waals surface area contributed by atoms with Crippen LogP contribution in [0, 0.1) is 0 Å². The number of hydrogen-bond donors (Lipinski definition) is 1. The van der Waals surface area contributed by atoms with Crippen molar-refractivity contribution < 1.29 is 18.0 Å². The highest BCUT2D eigenvalue weighted by atomic mass is 35.5. The van der Waals surface area contributed by atoms with Crippen molar-refractivity contribution in [3.05, 3.63) is 58.6 Å². The molecule has 0 aromatic heterocycles. The van der Waals surface area contributed by atoms with E-state index in [0.29, 0.717) is 10.6 Å². The lowest BCUT2D eigenvalue weighted by Crippen LogP contribution is -2.24. The minimum absolute atomic E-state index is 0.0271. The number of Topliss-reactive ketones (excluding diaryl/α,β-unsaturated/α-hetero) is 1. The summed E-state index contributed by atoms with van der Waals surface area (Å²) in [6.45, 7) is 1.40. The monoisotopic (exact) mass is 380 g/mol. The number of halogens is 1. The van der Waals surface area contributed by atoms with Crippen molar-refractivity contribution in [2.45, 2.75) is 11.8 Å². The number of carbonyl (C=O) groups excluding carboxylic acids is 2. The fourth-order valence-electron chi connectivity index (χ4n) is 2.10. The summed E-state index contributed by atoms with van der Waals surface area (Å²) >= 11 is 5.93. The van der Waals surface area contributed by atoms with Crippen LogP contribution >= 0.6 is 11.6 Å². The Labute approximate surface area is 151 Å². The van der Waals surface area contributed by atoms with E-state index < -0.39 is 10.0 Å². The predicted octanol–water partition coefficient (Wildman–Crippen LogP) is 3.05. The summed E-state index contributed by atoms with van der Waals surface area (Å²) in [6.07, 6.45) is 0. The molecule has 0 heterocycles. The molecule has 132 valence electrons. The molecule has 0 unspecified atom stereocenters. The molecule has 0 fully saturated rings. The van der Waals surface area contributed by atoms with Gasteiger partial charge >= 0.3 is 0 Å². The van der Waals surface area contributed by atoms with Crippen LogP contribution in [0.15, 0.2) is 47.4 Å². The molecule has 0 spiro atoms. The summed E-state index contributed by atoms with van der Waals surface area (Å²) in [7, 11) is -0.815. The van der Waals surface area contributed by atoms with E-state index in [9.17, 15) is 18.0 Å². The van der Waals surface area contributed by atoms with Gasteiger partial charge in [-0.05, 0) is 37.3 Å². The van der Waals surface area contributed by atoms with Crippen LogP contribution in [-0.2, 0) is 10.0 Å².